The molecule has 0 bridgehead atoms. The fraction of sp³-hybridized carbons (Fsp3) is 0.467. The Morgan fingerprint density at radius 1 is 1.50 bits per heavy atom. The van der Waals surface area contributed by atoms with Crippen molar-refractivity contribution in [3.8, 4) is 5.75 Å². The zero-order valence-electron chi connectivity index (χ0n) is 11.2. The summed E-state index contributed by atoms with van der Waals surface area (Å²) < 4.78 is 5.91. The smallest absolute Gasteiger partial charge is 0.121 e. The molecule has 0 saturated heterocycles. The lowest BCUT2D eigenvalue weighted by Crippen LogP contribution is -2.39. The van der Waals surface area contributed by atoms with Crippen LogP contribution in [-0.2, 0) is 0 Å². The SMILES string of the molecule is C=CCCCC(NC)C(C)Oc1cccc(Cl)c1. The normalized spacial score (nSPS) is 13.9. The second kappa shape index (κ2) is 8.17. The van der Waals surface area contributed by atoms with Crippen molar-refractivity contribution in [2.24, 2.45) is 0 Å². The Labute approximate surface area is 115 Å². The average molecular weight is 268 g/mol. The van der Waals surface area contributed by atoms with Gasteiger partial charge in [-0.15, -0.1) is 6.58 Å². The zero-order chi connectivity index (χ0) is 13.4. The van der Waals surface area contributed by atoms with Crippen molar-refractivity contribution >= 4 is 11.6 Å². The minimum absolute atomic E-state index is 0.110. The summed E-state index contributed by atoms with van der Waals surface area (Å²) >= 11 is 5.94. The molecule has 1 aromatic carbocycles. The van der Waals surface area contributed by atoms with E-state index in [2.05, 4.69) is 18.8 Å². The van der Waals surface area contributed by atoms with Gasteiger partial charge in [-0.3, -0.25) is 0 Å². The Balaban J connectivity index is 2.50. The fourth-order valence-electron chi connectivity index (χ4n) is 1.93. The summed E-state index contributed by atoms with van der Waals surface area (Å²) in [5.74, 6) is 0.818. The predicted octanol–water partition coefficient (Wildman–Crippen LogP) is 4.05. The molecule has 1 aromatic rings. The molecule has 0 aliphatic rings. The Kier molecular flexibility index (Phi) is 6.84. The Bertz CT molecular complexity index is 367. The van der Waals surface area contributed by atoms with Gasteiger partial charge in [0, 0.05) is 11.1 Å². The predicted molar refractivity (Wildman–Crippen MR) is 78.4 cm³/mol. The maximum absolute atomic E-state index is 5.94. The van der Waals surface area contributed by atoms with E-state index >= 15 is 0 Å². The van der Waals surface area contributed by atoms with Gasteiger partial charge in [0.15, 0.2) is 0 Å². The van der Waals surface area contributed by atoms with Gasteiger partial charge < -0.3 is 10.1 Å². The number of ether oxygens (including phenoxy) is 1. The lowest BCUT2D eigenvalue weighted by molar-refractivity contribution is 0.168. The van der Waals surface area contributed by atoms with E-state index in [0.717, 1.165) is 25.0 Å². The van der Waals surface area contributed by atoms with Gasteiger partial charge in [-0.05, 0) is 51.4 Å². The summed E-state index contributed by atoms with van der Waals surface area (Å²) in [6.45, 7) is 5.82. The van der Waals surface area contributed by atoms with Crippen LogP contribution in [0.15, 0.2) is 36.9 Å². The molecule has 2 atom stereocenters. The van der Waals surface area contributed by atoms with Gasteiger partial charge in [-0.2, -0.15) is 0 Å². The van der Waals surface area contributed by atoms with Crippen LogP contribution in [0.5, 0.6) is 5.75 Å². The van der Waals surface area contributed by atoms with Crippen LogP contribution >= 0.6 is 11.6 Å². The van der Waals surface area contributed by atoms with Crippen molar-refractivity contribution in [2.75, 3.05) is 7.05 Å². The molecular weight excluding hydrogens is 246 g/mol. The number of unbranched alkanes of at least 4 members (excludes halogenated alkanes) is 1. The van der Waals surface area contributed by atoms with E-state index in [1.807, 2.05) is 37.4 Å². The monoisotopic (exact) mass is 267 g/mol. The third-order valence-electron chi connectivity index (χ3n) is 2.98. The molecule has 0 aliphatic heterocycles. The van der Waals surface area contributed by atoms with E-state index in [9.17, 15) is 0 Å². The minimum atomic E-state index is 0.110. The number of likely N-dealkylation sites (N-methyl/N-ethyl adjacent to an activating group) is 1. The molecule has 1 N–H and O–H groups in total. The molecule has 1 rings (SSSR count). The molecule has 0 heterocycles. The summed E-state index contributed by atoms with van der Waals surface area (Å²) in [6, 6.07) is 7.85. The van der Waals surface area contributed by atoms with E-state index in [1.54, 1.807) is 0 Å². The van der Waals surface area contributed by atoms with Crippen LogP contribution in [0, 0.1) is 0 Å². The highest BCUT2D eigenvalue weighted by Gasteiger charge is 2.16. The van der Waals surface area contributed by atoms with Crippen LogP contribution in [0.1, 0.15) is 26.2 Å². The molecule has 18 heavy (non-hydrogen) atoms. The molecule has 100 valence electrons. The molecule has 0 saturated carbocycles. The van der Waals surface area contributed by atoms with E-state index in [0.29, 0.717) is 11.1 Å². The lowest BCUT2D eigenvalue weighted by atomic mass is 10.1. The second-order valence-corrected chi connectivity index (χ2v) is 4.83. The number of halogens is 1. The zero-order valence-corrected chi connectivity index (χ0v) is 11.9. The van der Waals surface area contributed by atoms with Crippen molar-refractivity contribution in [3.63, 3.8) is 0 Å². The first-order valence-corrected chi connectivity index (χ1v) is 6.75. The van der Waals surface area contributed by atoms with Crippen molar-refractivity contribution in [1.29, 1.82) is 0 Å². The van der Waals surface area contributed by atoms with Crippen molar-refractivity contribution in [2.45, 2.75) is 38.3 Å². The summed E-state index contributed by atoms with van der Waals surface area (Å²) in [4.78, 5) is 0. The van der Waals surface area contributed by atoms with Crippen LogP contribution in [0.25, 0.3) is 0 Å². The number of hydrogen-bond acceptors (Lipinski definition) is 2. The van der Waals surface area contributed by atoms with Gasteiger partial charge >= 0.3 is 0 Å². The lowest BCUT2D eigenvalue weighted by Gasteiger charge is -2.24. The highest BCUT2D eigenvalue weighted by molar-refractivity contribution is 6.30. The van der Waals surface area contributed by atoms with Crippen LogP contribution < -0.4 is 10.1 Å². The number of hydrogen-bond donors (Lipinski definition) is 1. The molecule has 0 amide bonds. The molecule has 2 unspecified atom stereocenters. The number of allylic oxidation sites excluding steroid dienone is 1. The van der Waals surface area contributed by atoms with Crippen molar-refractivity contribution < 1.29 is 4.74 Å². The Morgan fingerprint density at radius 2 is 2.28 bits per heavy atom. The first-order valence-electron chi connectivity index (χ1n) is 6.37. The quantitative estimate of drug-likeness (QED) is 0.567. The molecule has 0 radical (unpaired) electrons. The third-order valence-corrected chi connectivity index (χ3v) is 3.21. The van der Waals surface area contributed by atoms with Gasteiger partial charge in [-0.25, -0.2) is 0 Å². The van der Waals surface area contributed by atoms with Gasteiger partial charge in [0.05, 0.1) is 0 Å². The van der Waals surface area contributed by atoms with E-state index in [1.165, 1.54) is 0 Å². The first kappa shape index (κ1) is 15.1. The summed E-state index contributed by atoms with van der Waals surface area (Å²) in [7, 11) is 1.97. The van der Waals surface area contributed by atoms with Crippen molar-refractivity contribution in [1.82, 2.24) is 5.32 Å². The maximum atomic E-state index is 5.94. The average Bonchev–Trinajstić information content (AvgIpc) is 2.34. The van der Waals surface area contributed by atoms with Crippen molar-refractivity contribution in [3.05, 3.63) is 41.9 Å². The highest BCUT2D eigenvalue weighted by atomic mass is 35.5. The number of nitrogens with one attached hydrogen (secondary N) is 1. The number of rotatable bonds is 8. The molecule has 2 nitrogen and oxygen atoms in total. The van der Waals surface area contributed by atoms with E-state index in [-0.39, 0.29) is 6.10 Å². The molecule has 0 spiro atoms. The Hall–Kier alpha value is -0.990. The second-order valence-electron chi connectivity index (χ2n) is 4.40. The van der Waals surface area contributed by atoms with Crippen LogP contribution in [0.3, 0.4) is 0 Å². The molecular formula is C15H22ClNO. The standard InChI is InChI=1S/C15H22ClNO/c1-4-5-6-10-15(17-3)12(2)18-14-9-7-8-13(16)11-14/h4,7-9,11-12,15,17H,1,5-6,10H2,2-3H3. The van der Waals surface area contributed by atoms with Gasteiger partial charge in [-0.1, -0.05) is 23.7 Å². The molecule has 3 heteroatoms. The van der Waals surface area contributed by atoms with Crippen LogP contribution in [0.4, 0.5) is 0 Å². The highest BCUT2D eigenvalue weighted by Crippen LogP contribution is 2.20. The molecule has 0 fully saturated rings. The van der Waals surface area contributed by atoms with Gasteiger partial charge in [0.1, 0.15) is 11.9 Å². The maximum Gasteiger partial charge on any atom is 0.121 e. The molecule has 0 aliphatic carbocycles. The van der Waals surface area contributed by atoms with Gasteiger partial charge in [0.25, 0.3) is 0 Å². The summed E-state index contributed by atoms with van der Waals surface area (Å²) in [5.41, 5.74) is 0. The Morgan fingerprint density at radius 3 is 2.89 bits per heavy atom. The van der Waals surface area contributed by atoms with Crippen LogP contribution in [-0.4, -0.2) is 19.2 Å². The van der Waals surface area contributed by atoms with E-state index in [4.69, 9.17) is 16.3 Å². The number of benzene rings is 1. The third kappa shape index (κ3) is 5.11. The fourth-order valence-corrected chi connectivity index (χ4v) is 2.11. The minimum Gasteiger partial charge on any atom is -0.489 e. The summed E-state index contributed by atoms with van der Waals surface area (Å²) in [5, 5.41) is 4.00. The van der Waals surface area contributed by atoms with E-state index < -0.39 is 0 Å². The largest absolute Gasteiger partial charge is 0.489 e. The first-order chi connectivity index (χ1) is 8.67. The van der Waals surface area contributed by atoms with Crippen LogP contribution in [0.2, 0.25) is 5.02 Å². The topological polar surface area (TPSA) is 21.3 Å². The summed E-state index contributed by atoms with van der Waals surface area (Å²) in [6.07, 6.45) is 5.30. The van der Waals surface area contributed by atoms with Gasteiger partial charge in [0.2, 0.25) is 0 Å². The molecule has 0 aromatic heterocycles.